The van der Waals surface area contributed by atoms with Crippen molar-refractivity contribution in [3.63, 3.8) is 0 Å². The molecule has 10 heteroatoms. The van der Waals surface area contributed by atoms with E-state index in [1.54, 1.807) is 0 Å². The summed E-state index contributed by atoms with van der Waals surface area (Å²) in [6.45, 7) is 4.10. The molecule has 0 aliphatic carbocycles. The molecule has 4 atom stereocenters. The first-order chi connectivity index (χ1) is 14.5. The maximum Gasteiger partial charge on any atom is 0.261 e. The van der Waals surface area contributed by atoms with Gasteiger partial charge >= 0.3 is 0 Å². The van der Waals surface area contributed by atoms with Crippen LogP contribution in [0.2, 0.25) is 0 Å². The average Bonchev–Trinajstić information content (AvgIpc) is 2.78. The lowest BCUT2D eigenvalue weighted by Gasteiger charge is -2.44. The second-order valence-electron chi connectivity index (χ2n) is 7.60. The minimum absolute atomic E-state index is 0.0864. The van der Waals surface area contributed by atoms with Gasteiger partial charge in [-0.3, -0.25) is 20.4 Å². The quantitative estimate of drug-likeness (QED) is 0.472. The summed E-state index contributed by atoms with van der Waals surface area (Å²) in [7, 11) is 0. The highest BCUT2D eigenvalue weighted by Crippen LogP contribution is 2.34. The Morgan fingerprint density at radius 2 is 1.23 bits per heavy atom. The second-order valence-corrected chi connectivity index (χ2v) is 8.54. The molecule has 0 radical (unpaired) electrons. The van der Waals surface area contributed by atoms with Crippen LogP contribution in [0, 0.1) is 0 Å². The summed E-state index contributed by atoms with van der Waals surface area (Å²) in [6.07, 6.45) is 3.43. The first kappa shape index (κ1) is 20.9. The SMILES string of the molecule is CCCC1C(Cl)C(=O)N1Nc1nnc(NN2C(=O)C(Cl)C2CCC)c2ccccc12. The molecule has 2 aliphatic heterocycles. The van der Waals surface area contributed by atoms with E-state index in [1.807, 2.05) is 24.3 Å². The van der Waals surface area contributed by atoms with E-state index in [2.05, 4.69) is 34.9 Å². The standard InChI is InChI=1S/C20H24Cl2N6O2/c1-3-7-13-15(21)19(29)27(13)25-17-11-9-5-6-10-12(11)18(24-23-17)26-28-14(8-4-2)16(22)20(28)30/h5-6,9-10,13-16H,3-4,7-8H2,1-2H3,(H,23,25)(H,24,26). The number of nitrogens with one attached hydrogen (secondary N) is 2. The molecule has 1 aromatic carbocycles. The molecule has 0 saturated carbocycles. The number of β-lactam (4-membered cyclic amide) rings is 2. The van der Waals surface area contributed by atoms with E-state index in [4.69, 9.17) is 23.2 Å². The molecule has 4 rings (SSSR count). The fourth-order valence-corrected chi connectivity index (χ4v) is 4.62. The van der Waals surface area contributed by atoms with E-state index in [1.165, 1.54) is 10.0 Å². The number of anilines is 2. The van der Waals surface area contributed by atoms with Crippen LogP contribution < -0.4 is 10.9 Å². The molecule has 30 heavy (non-hydrogen) atoms. The Morgan fingerprint density at radius 1 is 0.833 bits per heavy atom. The van der Waals surface area contributed by atoms with E-state index in [0.717, 1.165) is 36.5 Å². The number of hydrogen-bond acceptors (Lipinski definition) is 6. The van der Waals surface area contributed by atoms with Crippen molar-refractivity contribution in [2.24, 2.45) is 0 Å². The average molecular weight is 451 g/mol. The Morgan fingerprint density at radius 3 is 1.60 bits per heavy atom. The molecular weight excluding hydrogens is 427 g/mol. The fourth-order valence-electron chi connectivity index (χ4n) is 3.93. The van der Waals surface area contributed by atoms with Gasteiger partial charge in [0.2, 0.25) is 0 Å². The molecule has 3 heterocycles. The summed E-state index contributed by atoms with van der Waals surface area (Å²) in [5.41, 5.74) is 6.17. The van der Waals surface area contributed by atoms with Crippen molar-refractivity contribution in [1.29, 1.82) is 0 Å². The lowest BCUT2D eigenvalue weighted by Crippen LogP contribution is -2.64. The van der Waals surface area contributed by atoms with E-state index in [-0.39, 0.29) is 23.9 Å². The summed E-state index contributed by atoms with van der Waals surface area (Å²) in [5, 5.41) is 12.1. The minimum Gasteiger partial charge on any atom is -0.277 e. The molecule has 1 aromatic heterocycles. The van der Waals surface area contributed by atoms with Crippen LogP contribution in [-0.2, 0) is 9.59 Å². The van der Waals surface area contributed by atoms with Crippen molar-refractivity contribution in [1.82, 2.24) is 20.2 Å². The Labute approximate surface area is 184 Å². The summed E-state index contributed by atoms with van der Waals surface area (Å²) in [5.74, 6) is 0.573. The summed E-state index contributed by atoms with van der Waals surface area (Å²) in [6, 6.07) is 7.37. The van der Waals surface area contributed by atoms with Crippen molar-refractivity contribution in [2.75, 3.05) is 10.9 Å². The molecule has 4 unspecified atom stereocenters. The molecule has 2 aromatic rings. The number of carbonyl (C=O) groups excluding carboxylic acids is 2. The van der Waals surface area contributed by atoms with Gasteiger partial charge in [0.05, 0.1) is 12.1 Å². The Balaban J connectivity index is 1.60. The van der Waals surface area contributed by atoms with Crippen molar-refractivity contribution >= 4 is 57.4 Å². The van der Waals surface area contributed by atoms with Crippen LogP contribution >= 0.6 is 23.2 Å². The van der Waals surface area contributed by atoms with Crippen LogP contribution in [0.4, 0.5) is 11.6 Å². The number of benzene rings is 1. The molecule has 2 saturated heterocycles. The number of nitrogens with zero attached hydrogens (tertiary/aromatic N) is 4. The van der Waals surface area contributed by atoms with Gasteiger partial charge in [0.1, 0.15) is 10.8 Å². The number of hydrazine groups is 2. The molecule has 2 fully saturated rings. The van der Waals surface area contributed by atoms with E-state index in [9.17, 15) is 9.59 Å². The Hall–Kier alpha value is -2.32. The first-order valence-electron chi connectivity index (χ1n) is 10.2. The molecule has 2 amide bonds. The van der Waals surface area contributed by atoms with E-state index >= 15 is 0 Å². The molecule has 0 spiro atoms. The van der Waals surface area contributed by atoms with E-state index < -0.39 is 10.8 Å². The molecule has 2 N–H and O–H groups in total. The third kappa shape index (κ3) is 3.41. The second kappa shape index (κ2) is 8.43. The number of halogens is 2. The molecule has 8 nitrogen and oxygen atoms in total. The highest BCUT2D eigenvalue weighted by atomic mass is 35.5. The van der Waals surface area contributed by atoms with Crippen LogP contribution in [0.15, 0.2) is 24.3 Å². The number of carbonyl (C=O) groups is 2. The van der Waals surface area contributed by atoms with Crippen molar-refractivity contribution in [3.8, 4) is 0 Å². The molecule has 0 bridgehead atoms. The predicted octanol–water partition coefficient (Wildman–Crippen LogP) is 3.52. The van der Waals surface area contributed by atoms with Gasteiger partial charge in [-0.05, 0) is 12.8 Å². The van der Waals surface area contributed by atoms with Crippen molar-refractivity contribution < 1.29 is 9.59 Å². The zero-order valence-electron chi connectivity index (χ0n) is 16.8. The van der Waals surface area contributed by atoms with Crippen LogP contribution in [-0.4, -0.2) is 54.9 Å². The third-order valence-corrected chi connectivity index (χ3v) is 6.55. The monoisotopic (exact) mass is 450 g/mol. The normalized spacial score (nSPS) is 25.9. The summed E-state index contributed by atoms with van der Waals surface area (Å²) in [4.78, 5) is 24.4. The van der Waals surface area contributed by atoms with Gasteiger partial charge in [0.25, 0.3) is 11.8 Å². The molecular formula is C20H24Cl2N6O2. The number of hydrogen-bond donors (Lipinski definition) is 2. The first-order valence-corrected chi connectivity index (χ1v) is 11.1. The zero-order valence-corrected chi connectivity index (χ0v) is 18.3. The van der Waals surface area contributed by atoms with Crippen LogP contribution in [0.1, 0.15) is 39.5 Å². The van der Waals surface area contributed by atoms with Gasteiger partial charge in [-0.15, -0.1) is 33.4 Å². The van der Waals surface area contributed by atoms with E-state index in [0.29, 0.717) is 11.6 Å². The fraction of sp³-hybridized carbons (Fsp3) is 0.500. The van der Waals surface area contributed by atoms with Gasteiger partial charge in [-0.25, -0.2) is 10.0 Å². The largest absolute Gasteiger partial charge is 0.277 e. The summed E-state index contributed by atoms with van der Waals surface area (Å²) < 4.78 is 0. The molecule has 2 aliphatic rings. The minimum atomic E-state index is -0.519. The number of aromatic nitrogens is 2. The van der Waals surface area contributed by atoms with Crippen LogP contribution in [0.25, 0.3) is 10.8 Å². The van der Waals surface area contributed by atoms with Crippen LogP contribution in [0.3, 0.4) is 0 Å². The maximum absolute atomic E-state index is 12.2. The summed E-state index contributed by atoms with van der Waals surface area (Å²) >= 11 is 12.3. The van der Waals surface area contributed by atoms with Gasteiger partial charge in [-0.2, -0.15) is 0 Å². The van der Waals surface area contributed by atoms with Gasteiger partial charge in [-0.1, -0.05) is 51.0 Å². The maximum atomic E-state index is 12.2. The molecule has 160 valence electrons. The van der Waals surface area contributed by atoms with Crippen molar-refractivity contribution in [2.45, 2.75) is 62.4 Å². The Kier molecular flexibility index (Phi) is 5.88. The number of rotatable bonds is 8. The smallest absolute Gasteiger partial charge is 0.261 e. The van der Waals surface area contributed by atoms with Crippen molar-refractivity contribution in [3.05, 3.63) is 24.3 Å². The number of amides is 2. The van der Waals surface area contributed by atoms with Gasteiger partial charge in [0.15, 0.2) is 11.6 Å². The van der Waals surface area contributed by atoms with Crippen LogP contribution in [0.5, 0.6) is 0 Å². The highest BCUT2D eigenvalue weighted by molar-refractivity contribution is 6.34. The third-order valence-electron chi connectivity index (χ3n) is 5.59. The lowest BCUT2D eigenvalue weighted by atomic mass is 9.99. The topological polar surface area (TPSA) is 90.5 Å². The Bertz CT molecular complexity index is 897. The van der Waals surface area contributed by atoms with Gasteiger partial charge in [0, 0.05) is 10.8 Å². The number of alkyl halides is 2. The predicted molar refractivity (Wildman–Crippen MR) is 117 cm³/mol. The number of fused-ring (bicyclic) bond motifs is 1. The highest BCUT2D eigenvalue weighted by Gasteiger charge is 2.47. The lowest BCUT2D eigenvalue weighted by molar-refractivity contribution is -0.143. The zero-order chi connectivity index (χ0) is 21.4. The van der Waals surface area contributed by atoms with Gasteiger partial charge < -0.3 is 0 Å².